The van der Waals surface area contributed by atoms with Crippen molar-refractivity contribution in [1.29, 1.82) is 0 Å². The number of nitrogens with one attached hydrogen (secondary N) is 4. The molecule has 2 heterocycles. The van der Waals surface area contributed by atoms with E-state index in [-0.39, 0.29) is 23.0 Å². The van der Waals surface area contributed by atoms with Crippen molar-refractivity contribution >= 4 is 23.3 Å². The normalized spacial score (nSPS) is 12.2. The summed E-state index contributed by atoms with van der Waals surface area (Å²) in [6.45, 7) is 7.32. The highest BCUT2D eigenvalue weighted by molar-refractivity contribution is 6.42. The molecule has 0 amide bonds. The van der Waals surface area contributed by atoms with Gasteiger partial charge in [0.25, 0.3) is 11.1 Å². The lowest BCUT2D eigenvalue weighted by Crippen LogP contribution is -2.18. The summed E-state index contributed by atoms with van der Waals surface area (Å²) in [5, 5.41) is 8.57. The number of anilines is 2. The van der Waals surface area contributed by atoms with E-state index in [9.17, 15) is 9.59 Å². The maximum absolute atomic E-state index is 11.5. The molecule has 10 nitrogen and oxygen atoms in total. The Hall–Kier alpha value is -3.30. The van der Waals surface area contributed by atoms with E-state index in [1.165, 1.54) is 12.1 Å². The van der Waals surface area contributed by atoms with Crippen LogP contribution >= 0.6 is 0 Å². The van der Waals surface area contributed by atoms with E-state index in [1.54, 1.807) is 13.8 Å². The van der Waals surface area contributed by atoms with Crippen molar-refractivity contribution in [3.8, 4) is 0 Å². The quantitative estimate of drug-likeness (QED) is 0.437. The fourth-order valence-corrected chi connectivity index (χ4v) is 2.20. The van der Waals surface area contributed by atoms with Crippen LogP contribution in [0.2, 0.25) is 0 Å². The number of aryl methyl sites for hydroxylation is 2. The van der Waals surface area contributed by atoms with Gasteiger partial charge in [-0.1, -0.05) is 13.8 Å². The average molecular weight is 358 g/mol. The van der Waals surface area contributed by atoms with Gasteiger partial charge >= 0.3 is 0 Å². The summed E-state index contributed by atoms with van der Waals surface area (Å²) in [5.41, 5.74) is 7.52. The Bertz CT molecular complexity index is 864. The zero-order valence-electron chi connectivity index (χ0n) is 15.2. The third-order valence-electron chi connectivity index (χ3n) is 3.34. The summed E-state index contributed by atoms with van der Waals surface area (Å²) in [6, 6.07) is 2.79. The molecule has 2 rings (SSSR count). The van der Waals surface area contributed by atoms with Crippen LogP contribution in [0.25, 0.3) is 0 Å². The molecule has 0 spiro atoms. The predicted molar refractivity (Wildman–Crippen MR) is 102 cm³/mol. The van der Waals surface area contributed by atoms with Crippen molar-refractivity contribution in [2.24, 2.45) is 10.2 Å². The molecule has 26 heavy (non-hydrogen) atoms. The largest absolute Gasteiger partial charge is 0.291 e. The van der Waals surface area contributed by atoms with Crippen molar-refractivity contribution in [3.05, 3.63) is 44.2 Å². The molecule has 0 radical (unpaired) electrons. The molecule has 0 aliphatic heterocycles. The lowest BCUT2D eigenvalue weighted by Gasteiger charge is -2.08. The molecule has 0 fully saturated rings. The predicted octanol–water partition coefficient (Wildman–Crippen LogP) is 1.53. The van der Waals surface area contributed by atoms with Gasteiger partial charge < -0.3 is 0 Å². The fourth-order valence-electron chi connectivity index (χ4n) is 2.20. The van der Waals surface area contributed by atoms with Crippen LogP contribution in [0.5, 0.6) is 0 Å². The lowest BCUT2D eigenvalue weighted by atomic mass is 10.1. The Morgan fingerprint density at radius 1 is 0.885 bits per heavy atom. The van der Waals surface area contributed by atoms with Crippen LogP contribution in [0.3, 0.4) is 0 Å². The molecule has 0 unspecified atom stereocenters. The number of aromatic amines is 2. The van der Waals surface area contributed by atoms with Gasteiger partial charge in [0.15, 0.2) is 0 Å². The molecule has 10 heteroatoms. The highest BCUT2D eigenvalue weighted by atomic mass is 16.1. The van der Waals surface area contributed by atoms with Crippen LogP contribution in [0, 0.1) is 13.8 Å². The van der Waals surface area contributed by atoms with Crippen molar-refractivity contribution in [2.45, 2.75) is 40.5 Å². The van der Waals surface area contributed by atoms with Crippen LogP contribution in [0.4, 0.5) is 11.9 Å². The molecule has 0 aliphatic carbocycles. The minimum atomic E-state index is -0.256. The number of hydrogen-bond donors (Lipinski definition) is 4. The molecule has 138 valence electrons. The smallest absolute Gasteiger partial charge is 0.252 e. The molecule has 4 N–H and O–H groups in total. The Kier molecular flexibility index (Phi) is 6.36. The first kappa shape index (κ1) is 19.0. The van der Waals surface area contributed by atoms with Gasteiger partial charge in [-0.2, -0.15) is 10.2 Å². The van der Waals surface area contributed by atoms with E-state index in [2.05, 4.69) is 41.0 Å². The number of nitrogens with zero attached hydrogens (tertiary/aromatic N) is 4. The highest BCUT2D eigenvalue weighted by Crippen LogP contribution is 2.02. The van der Waals surface area contributed by atoms with Gasteiger partial charge in [0, 0.05) is 23.5 Å². The van der Waals surface area contributed by atoms with Crippen LogP contribution in [-0.4, -0.2) is 31.4 Å². The van der Waals surface area contributed by atoms with Crippen molar-refractivity contribution in [1.82, 2.24) is 19.9 Å². The molecule has 0 atom stereocenters. The van der Waals surface area contributed by atoms with E-state index in [1.807, 2.05) is 13.8 Å². The maximum atomic E-state index is 11.5. The Morgan fingerprint density at radius 2 is 1.27 bits per heavy atom. The van der Waals surface area contributed by atoms with Gasteiger partial charge in [0.1, 0.15) is 0 Å². The number of hydrazone groups is 2. The third-order valence-corrected chi connectivity index (χ3v) is 3.34. The van der Waals surface area contributed by atoms with Crippen LogP contribution in [-0.2, 0) is 0 Å². The molecule has 0 aromatic carbocycles. The zero-order chi connectivity index (χ0) is 19.1. The first-order valence-corrected chi connectivity index (χ1v) is 8.22. The SMILES string of the molecule is CCC(=NNc1nc(C)cc(=O)[nH]1)C(CC)=NNc1nc(C)cc(=O)[nH]1. The topological polar surface area (TPSA) is 140 Å². The first-order chi connectivity index (χ1) is 12.4. The van der Waals surface area contributed by atoms with E-state index >= 15 is 0 Å². The Balaban J connectivity index is 2.21. The van der Waals surface area contributed by atoms with Crippen molar-refractivity contribution in [2.75, 3.05) is 10.9 Å². The first-order valence-electron chi connectivity index (χ1n) is 8.22. The summed E-state index contributed by atoms with van der Waals surface area (Å²) in [7, 11) is 0. The van der Waals surface area contributed by atoms with E-state index in [0.29, 0.717) is 35.7 Å². The van der Waals surface area contributed by atoms with E-state index in [4.69, 9.17) is 0 Å². The van der Waals surface area contributed by atoms with Gasteiger partial charge in [-0.05, 0) is 26.7 Å². The molecule has 0 saturated heterocycles. The van der Waals surface area contributed by atoms with Gasteiger partial charge in [-0.3, -0.25) is 19.6 Å². The number of hydrogen-bond acceptors (Lipinski definition) is 8. The minimum Gasteiger partial charge on any atom is -0.291 e. The molecular weight excluding hydrogens is 336 g/mol. The van der Waals surface area contributed by atoms with E-state index in [0.717, 1.165) is 0 Å². The molecule has 0 aliphatic rings. The number of rotatable bonds is 7. The summed E-state index contributed by atoms with van der Waals surface area (Å²) in [4.78, 5) is 36.4. The number of aromatic nitrogens is 4. The molecule has 0 saturated carbocycles. The second-order valence-electron chi connectivity index (χ2n) is 5.52. The van der Waals surface area contributed by atoms with Crippen LogP contribution < -0.4 is 22.0 Å². The van der Waals surface area contributed by atoms with Crippen molar-refractivity contribution in [3.63, 3.8) is 0 Å². The van der Waals surface area contributed by atoms with E-state index < -0.39 is 0 Å². The second kappa shape index (κ2) is 8.70. The highest BCUT2D eigenvalue weighted by Gasteiger charge is 2.07. The summed E-state index contributed by atoms with van der Waals surface area (Å²) in [6.07, 6.45) is 1.21. The summed E-state index contributed by atoms with van der Waals surface area (Å²) >= 11 is 0. The standard InChI is InChI=1S/C16H22N8O2/c1-5-11(21-23-15-17-9(3)7-13(25)19-15)12(6-2)22-24-16-18-10(4)8-14(26)20-16/h7-8H,5-6H2,1-4H3,(H2,17,19,23,25)(H2,18,20,24,26). The summed E-state index contributed by atoms with van der Waals surface area (Å²) < 4.78 is 0. The van der Waals surface area contributed by atoms with Gasteiger partial charge in [0.05, 0.1) is 11.4 Å². The maximum Gasteiger partial charge on any atom is 0.252 e. The van der Waals surface area contributed by atoms with Crippen LogP contribution in [0.15, 0.2) is 31.9 Å². The minimum absolute atomic E-state index is 0.256. The molecule has 2 aromatic rings. The third kappa shape index (κ3) is 5.36. The fraction of sp³-hybridized carbons (Fsp3) is 0.375. The van der Waals surface area contributed by atoms with Gasteiger partial charge in [-0.25, -0.2) is 20.8 Å². The lowest BCUT2D eigenvalue weighted by molar-refractivity contribution is 1.03. The Morgan fingerprint density at radius 3 is 1.58 bits per heavy atom. The Labute approximate surface area is 149 Å². The molecular formula is C16H22N8O2. The molecule has 2 aromatic heterocycles. The average Bonchev–Trinajstić information content (AvgIpc) is 2.56. The van der Waals surface area contributed by atoms with Gasteiger partial charge in [-0.15, -0.1) is 0 Å². The zero-order valence-corrected chi connectivity index (χ0v) is 15.2. The van der Waals surface area contributed by atoms with Crippen LogP contribution in [0.1, 0.15) is 38.1 Å². The molecule has 0 bridgehead atoms. The second-order valence-corrected chi connectivity index (χ2v) is 5.52. The number of H-pyrrole nitrogens is 2. The van der Waals surface area contributed by atoms with Crippen molar-refractivity contribution < 1.29 is 0 Å². The van der Waals surface area contributed by atoms with Gasteiger partial charge in [0.2, 0.25) is 11.9 Å². The summed E-state index contributed by atoms with van der Waals surface area (Å²) in [5.74, 6) is 0.517. The monoisotopic (exact) mass is 358 g/mol.